The van der Waals surface area contributed by atoms with Gasteiger partial charge in [0.1, 0.15) is 0 Å². The first-order valence-corrected chi connectivity index (χ1v) is 9.66. The van der Waals surface area contributed by atoms with Crippen LogP contribution in [-0.4, -0.2) is 40.0 Å². The number of rotatable bonds is 4. The molecule has 0 bridgehead atoms. The molecule has 2 aliphatic heterocycles. The molecule has 136 valence electrons. The summed E-state index contributed by atoms with van der Waals surface area (Å²) >= 11 is 0. The van der Waals surface area contributed by atoms with Gasteiger partial charge in [-0.3, -0.25) is 4.79 Å². The molecular weight excluding hydrogens is 316 g/mol. The molecule has 1 aromatic rings. The molecule has 1 N–H and O–H groups in total. The number of aromatic nitrogens is 2. The molecule has 6 nitrogen and oxygen atoms in total. The van der Waals surface area contributed by atoms with Crippen molar-refractivity contribution in [1.82, 2.24) is 14.9 Å². The highest BCUT2D eigenvalue weighted by Gasteiger charge is 2.52. The maximum Gasteiger partial charge on any atom is 0.226 e. The summed E-state index contributed by atoms with van der Waals surface area (Å²) in [5, 5.41) is 3.45. The average Bonchev–Trinajstić information content (AvgIpc) is 2.95. The Kier molecular flexibility index (Phi) is 4.40. The highest BCUT2D eigenvalue weighted by atomic mass is 16.5. The minimum atomic E-state index is -0.132. The van der Waals surface area contributed by atoms with Gasteiger partial charge in [0.15, 0.2) is 0 Å². The van der Waals surface area contributed by atoms with Gasteiger partial charge in [-0.2, -0.15) is 0 Å². The van der Waals surface area contributed by atoms with E-state index in [0.717, 1.165) is 51.0 Å². The second-order valence-electron chi connectivity index (χ2n) is 7.70. The molecule has 6 heteroatoms. The predicted octanol–water partition coefficient (Wildman–Crippen LogP) is 2.84. The zero-order valence-electron chi connectivity index (χ0n) is 15.3. The fraction of sp³-hybridized carbons (Fsp3) is 0.737. The number of nitrogens with zero attached hydrogens (tertiary/aromatic N) is 3. The lowest BCUT2D eigenvalue weighted by atomic mass is 9.72. The van der Waals surface area contributed by atoms with Gasteiger partial charge in [-0.1, -0.05) is 13.8 Å². The van der Waals surface area contributed by atoms with E-state index in [-0.39, 0.29) is 17.4 Å². The summed E-state index contributed by atoms with van der Waals surface area (Å²) in [7, 11) is 0. The fourth-order valence-corrected chi connectivity index (χ4v) is 4.25. The molecule has 1 saturated carbocycles. The summed E-state index contributed by atoms with van der Waals surface area (Å²) in [6.45, 7) is 6.33. The number of carbonyl (C=O) groups is 1. The second-order valence-corrected chi connectivity index (χ2v) is 7.70. The Balaban J connectivity index is 1.56. The number of ether oxygens (including phenoxy) is 1. The molecular formula is C19H28N4O2. The molecule has 3 aliphatic rings. The van der Waals surface area contributed by atoms with Crippen molar-refractivity contribution in [3.05, 3.63) is 17.5 Å². The van der Waals surface area contributed by atoms with Crippen LogP contribution in [0.25, 0.3) is 0 Å². The maximum atomic E-state index is 12.9. The lowest BCUT2D eigenvalue weighted by Gasteiger charge is -2.46. The first kappa shape index (κ1) is 16.8. The third-order valence-corrected chi connectivity index (χ3v) is 6.23. The van der Waals surface area contributed by atoms with Crippen molar-refractivity contribution >= 4 is 11.9 Å². The first-order valence-electron chi connectivity index (χ1n) is 9.66. The first-order chi connectivity index (χ1) is 12.1. The van der Waals surface area contributed by atoms with Crippen molar-refractivity contribution in [2.75, 3.05) is 18.5 Å². The molecule has 25 heavy (non-hydrogen) atoms. The third-order valence-electron chi connectivity index (χ3n) is 6.23. The van der Waals surface area contributed by atoms with Crippen LogP contribution in [0.3, 0.4) is 0 Å². The van der Waals surface area contributed by atoms with E-state index in [9.17, 15) is 4.79 Å². The minimum Gasteiger partial charge on any atom is -0.381 e. The normalized spacial score (nSPS) is 23.2. The van der Waals surface area contributed by atoms with E-state index >= 15 is 0 Å². The standard InChI is InChI=1S/C19H28N4O2/c1-3-13(2)17(24)23-12-16-15(19(23)7-4-8-19)11-20-18(22-16)21-14-5-9-25-10-6-14/h11,13-14H,3-10,12H2,1-2H3,(H,20,21,22). The van der Waals surface area contributed by atoms with E-state index in [1.807, 2.05) is 13.1 Å². The van der Waals surface area contributed by atoms with Gasteiger partial charge < -0.3 is 15.0 Å². The largest absolute Gasteiger partial charge is 0.381 e. The van der Waals surface area contributed by atoms with E-state index in [0.29, 0.717) is 18.5 Å². The smallest absolute Gasteiger partial charge is 0.226 e. The lowest BCUT2D eigenvalue weighted by Crippen LogP contribution is -2.50. The molecule has 1 aromatic heterocycles. The van der Waals surface area contributed by atoms with Crippen LogP contribution in [0, 0.1) is 5.92 Å². The molecule has 4 rings (SSSR count). The number of fused-ring (bicyclic) bond motifs is 2. The van der Waals surface area contributed by atoms with E-state index in [1.54, 1.807) is 0 Å². The molecule has 2 fully saturated rings. The Morgan fingerprint density at radius 1 is 1.44 bits per heavy atom. The number of hydrogen-bond acceptors (Lipinski definition) is 5. The van der Waals surface area contributed by atoms with Gasteiger partial charge in [0.05, 0.1) is 17.8 Å². The fourth-order valence-electron chi connectivity index (χ4n) is 4.25. The minimum absolute atomic E-state index is 0.0691. The van der Waals surface area contributed by atoms with Gasteiger partial charge in [0.2, 0.25) is 11.9 Å². The molecule has 0 radical (unpaired) electrons. The predicted molar refractivity (Wildman–Crippen MR) is 95.0 cm³/mol. The highest BCUT2D eigenvalue weighted by Crippen LogP contribution is 2.52. The van der Waals surface area contributed by atoms with E-state index in [4.69, 9.17) is 9.72 Å². The molecule has 1 atom stereocenters. The topological polar surface area (TPSA) is 67.4 Å². The summed E-state index contributed by atoms with van der Waals surface area (Å²) in [6, 6.07) is 0.378. The van der Waals surface area contributed by atoms with Gasteiger partial charge in [0.25, 0.3) is 0 Å². The molecule has 3 heterocycles. The van der Waals surface area contributed by atoms with Crippen LogP contribution in [-0.2, 0) is 21.6 Å². The Morgan fingerprint density at radius 3 is 2.84 bits per heavy atom. The SMILES string of the molecule is CCC(C)C(=O)N1Cc2nc(NC3CCOCC3)ncc2C12CCC2. The average molecular weight is 344 g/mol. The monoisotopic (exact) mass is 344 g/mol. The van der Waals surface area contributed by atoms with E-state index < -0.39 is 0 Å². The van der Waals surface area contributed by atoms with Crippen LogP contribution in [0.1, 0.15) is 63.6 Å². The second kappa shape index (κ2) is 6.56. The number of hydrogen-bond donors (Lipinski definition) is 1. The zero-order valence-corrected chi connectivity index (χ0v) is 15.3. The number of amides is 1. The summed E-state index contributed by atoms with van der Waals surface area (Å²) in [4.78, 5) is 24.4. The van der Waals surface area contributed by atoms with Crippen molar-refractivity contribution in [2.45, 2.75) is 70.5 Å². The summed E-state index contributed by atoms with van der Waals surface area (Å²) in [5.41, 5.74) is 2.07. The number of anilines is 1. The Bertz CT molecular complexity index is 653. The Labute approximate surface area is 149 Å². The molecule has 0 aromatic carbocycles. The van der Waals surface area contributed by atoms with Gasteiger partial charge in [0, 0.05) is 36.9 Å². The van der Waals surface area contributed by atoms with Crippen molar-refractivity contribution in [3.8, 4) is 0 Å². The lowest BCUT2D eigenvalue weighted by molar-refractivity contribution is -0.145. The van der Waals surface area contributed by atoms with Crippen molar-refractivity contribution < 1.29 is 9.53 Å². The number of carbonyl (C=O) groups excluding carboxylic acids is 1. The Morgan fingerprint density at radius 2 is 2.20 bits per heavy atom. The van der Waals surface area contributed by atoms with Crippen LogP contribution in [0.5, 0.6) is 0 Å². The van der Waals surface area contributed by atoms with Crippen LogP contribution < -0.4 is 5.32 Å². The van der Waals surface area contributed by atoms with Gasteiger partial charge in [-0.05, 0) is 38.5 Å². The third kappa shape index (κ3) is 2.80. The van der Waals surface area contributed by atoms with Crippen LogP contribution in [0.2, 0.25) is 0 Å². The quantitative estimate of drug-likeness (QED) is 0.910. The highest BCUT2D eigenvalue weighted by molar-refractivity contribution is 5.80. The van der Waals surface area contributed by atoms with Crippen molar-refractivity contribution in [2.24, 2.45) is 5.92 Å². The zero-order chi connectivity index (χ0) is 17.4. The molecule has 1 amide bonds. The van der Waals surface area contributed by atoms with Crippen molar-refractivity contribution in [3.63, 3.8) is 0 Å². The van der Waals surface area contributed by atoms with E-state index in [1.165, 1.54) is 12.0 Å². The maximum absolute atomic E-state index is 12.9. The molecule has 1 spiro atoms. The molecule has 1 unspecified atom stereocenters. The summed E-state index contributed by atoms with van der Waals surface area (Å²) in [5.74, 6) is 1.02. The molecule has 1 aliphatic carbocycles. The van der Waals surface area contributed by atoms with Crippen LogP contribution >= 0.6 is 0 Å². The van der Waals surface area contributed by atoms with Crippen LogP contribution in [0.4, 0.5) is 5.95 Å². The van der Waals surface area contributed by atoms with Crippen molar-refractivity contribution in [1.29, 1.82) is 0 Å². The number of nitrogens with one attached hydrogen (secondary N) is 1. The molecule has 1 saturated heterocycles. The summed E-state index contributed by atoms with van der Waals surface area (Å²) < 4.78 is 5.41. The van der Waals surface area contributed by atoms with E-state index in [2.05, 4.69) is 22.1 Å². The summed E-state index contributed by atoms with van der Waals surface area (Å²) in [6.07, 6.45) is 8.07. The van der Waals surface area contributed by atoms with Gasteiger partial charge >= 0.3 is 0 Å². The van der Waals surface area contributed by atoms with Gasteiger partial charge in [-0.15, -0.1) is 0 Å². The Hall–Kier alpha value is -1.69. The van der Waals surface area contributed by atoms with Crippen LogP contribution in [0.15, 0.2) is 6.20 Å². The van der Waals surface area contributed by atoms with Gasteiger partial charge in [-0.25, -0.2) is 9.97 Å².